The van der Waals surface area contributed by atoms with Crippen LogP contribution in [0.25, 0.3) is 0 Å². The highest BCUT2D eigenvalue weighted by atomic mass is 35.5. The molecule has 0 bridgehead atoms. The summed E-state index contributed by atoms with van der Waals surface area (Å²) in [6, 6.07) is 9.73. The zero-order chi connectivity index (χ0) is 12.8. The number of hydrogen-bond acceptors (Lipinski definition) is 4. The molecule has 0 aliphatic heterocycles. The van der Waals surface area contributed by atoms with Gasteiger partial charge >= 0.3 is 0 Å². The summed E-state index contributed by atoms with van der Waals surface area (Å²) in [5.74, 6) is 0.787. The maximum absolute atomic E-state index is 8.50. The molecule has 1 heterocycles. The third-order valence-corrected chi connectivity index (χ3v) is 2.75. The van der Waals surface area contributed by atoms with Gasteiger partial charge in [-0.2, -0.15) is 5.26 Å². The molecule has 0 saturated heterocycles. The zero-order valence-corrected chi connectivity index (χ0v) is 10.5. The van der Waals surface area contributed by atoms with Gasteiger partial charge in [-0.3, -0.25) is 0 Å². The molecule has 0 N–H and O–H groups in total. The van der Waals surface area contributed by atoms with E-state index in [-0.39, 0.29) is 0 Å². The minimum atomic E-state index is 0.510. The smallest absolute Gasteiger partial charge is 0.155 e. The molecule has 0 atom stereocenters. The largest absolute Gasteiger partial charge is 0.229 e. The number of nitrogens with zero attached hydrogens (tertiary/aromatic N) is 5. The van der Waals surface area contributed by atoms with Gasteiger partial charge in [-0.1, -0.05) is 23.7 Å². The average Bonchev–Trinajstić information content (AvgIpc) is 2.77. The van der Waals surface area contributed by atoms with E-state index in [1.807, 2.05) is 24.3 Å². The highest BCUT2D eigenvalue weighted by Crippen LogP contribution is 2.13. The monoisotopic (exact) mass is 261 g/mol. The molecule has 92 valence electrons. The standard InChI is InChI=1S/C12H12ClN5/c13-11-5-3-4-10(8-11)9-12-15-16-17-18(12)7-2-1-6-14/h3-5,8H,1-2,7,9H2. The van der Waals surface area contributed by atoms with Crippen molar-refractivity contribution in [1.29, 1.82) is 5.26 Å². The van der Waals surface area contributed by atoms with Crippen LogP contribution < -0.4 is 0 Å². The fourth-order valence-corrected chi connectivity index (χ4v) is 1.87. The van der Waals surface area contributed by atoms with Gasteiger partial charge in [0.1, 0.15) is 0 Å². The van der Waals surface area contributed by atoms with Gasteiger partial charge in [-0.25, -0.2) is 4.68 Å². The van der Waals surface area contributed by atoms with Crippen molar-refractivity contribution < 1.29 is 0 Å². The molecule has 1 aromatic heterocycles. The summed E-state index contributed by atoms with van der Waals surface area (Å²) in [5, 5.41) is 20.8. The first kappa shape index (κ1) is 12.5. The van der Waals surface area contributed by atoms with Crippen molar-refractivity contribution in [2.24, 2.45) is 0 Å². The summed E-state index contributed by atoms with van der Waals surface area (Å²) < 4.78 is 1.73. The lowest BCUT2D eigenvalue weighted by Crippen LogP contribution is -2.06. The van der Waals surface area contributed by atoms with Crippen LogP contribution in [0.5, 0.6) is 0 Å². The van der Waals surface area contributed by atoms with Gasteiger partial charge in [-0.05, 0) is 34.5 Å². The van der Waals surface area contributed by atoms with Crippen LogP contribution in [0.3, 0.4) is 0 Å². The van der Waals surface area contributed by atoms with Crippen LogP contribution in [-0.4, -0.2) is 20.2 Å². The highest BCUT2D eigenvalue weighted by molar-refractivity contribution is 6.30. The summed E-state index contributed by atoms with van der Waals surface area (Å²) in [5.41, 5.74) is 1.07. The van der Waals surface area contributed by atoms with Crippen molar-refractivity contribution in [1.82, 2.24) is 20.2 Å². The van der Waals surface area contributed by atoms with E-state index in [1.54, 1.807) is 4.68 Å². The fraction of sp³-hybridized carbons (Fsp3) is 0.333. The predicted molar refractivity (Wildman–Crippen MR) is 66.9 cm³/mol. The third kappa shape index (κ3) is 3.28. The average molecular weight is 262 g/mol. The third-order valence-electron chi connectivity index (χ3n) is 2.52. The number of aryl methyl sites for hydroxylation is 1. The lowest BCUT2D eigenvalue weighted by molar-refractivity contribution is 0.547. The van der Waals surface area contributed by atoms with Gasteiger partial charge in [0.2, 0.25) is 0 Å². The van der Waals surface area contributed by atoms with Crippen LogP contribution >= 0.6 is 11.6 Å². The van der Waals surface area contributed by atoms with Crippen LogP contribution in [0.1, 0.15) is 24.2 Å². The van der Waals surface area contributed by atoms with Crippen LogP contribution in [0.2, 0.25) is 5.02 Å². The number of rotatable bonds is 5. The SMILES string of the molecule is N#CCCCn1nnnc1Cc1cccc(Cl)c1. The van der Waals surface area contributed by atoms with Crippen molar-refractivity contribution in [3.63, 3.8) is 0 Å². The Morgan fingerprint density at radius 1 is 1.39 bits per heavy atom. The van der Waals surface area contributed by atoms with E-state index < -0.39 is 0 Å². The Morgan fingerprint density at radius 2 is 2.28 bits per heavy atom. The molecule has 0 aliphatic carbocycles. The summed E-state index contributed by atoms with van der Waals surface area (Å²) in [7, 11) is 0. The molecule has 1 aromatic carbocycles. The molecule has 2 rings (SSSR count). The summed E-state index contributed by atoms with van der Waals surface area (Å²) in [6.45, 7) is 0.663. The van der Waals surface area contributed by atoms with E-state index >= 15 is 0 Å². The molecule has 0 saturated carbocycles. The molecule has 18 heavy (non-hydrogen) atoms. The number of aromatic nitrogens is 4. The molecule has 0 amide bonds. The first-order chi connectivity index (χ1) is 8.79. The van der Waals surface area contributed by atoms with Crippen LogP contribution in [0.15, 0.2) is 24.3 Å². The Hall–Kier alpha value is -1.93. The first-order valence-electron chi connectivity index (χ1n) is 5.66. The number of benzene rings is 1. The Labute approximate surface area is 110 Å². The van der Waals surface area contributed by atoms with E-state index in [9.17, 15) is 0 Å². The molecular formula is C12H12ClN5. The molecule has 0 fully saturated rings. The van der Waals surface area contributed by atoms with Gasteiger partial charge in [0.15, 0.2) is 5.82 Å². The second-order valence-corrected chi connectivity index (χ2v) is 4.32. The molecule has 0 spiro atoms. The molecule has 0 unspecified atom stereocenters. The fourth-order valence-electron chi connectivity index (χ4n) is 1.66. The maximum atomic E-state index is 8.50. The number of halogens is 1. The van der Waals surface area contributed by atoms with Gasteiger partial charge < -0.3 is 0 Å². The van der Waals surface area contributed by atoms with E-state index in [2.05, 4.69) is 21.6 Å². The number of unbranched alkanes of at least 4 members (excludes halogenated alkanes) is 1. The van der Waals surface area contributed by atoms with Crippen LogP contribution in [0.4, 0.5) is 0 Å². The van der Waals surface area contributed by atoms with Crippen molar-refractivity contribution in [2.45, 2.75) is 25.8 Å². The molecule has 0 aliphatic rings. The van der Waals surface area contributed by atoms with Crippen LogP contribution in [-0.2, 0) is 13.0 Å². The summed E-state index contributed by atoms with van der Waals surface area (Å²) in [4.78, 5) is 0. The van der Waals surface area contributed by atoms with Gasteiger partial charge in [0.05, 0.1) is 6.07 Å². The molecule has 6 heteroatoms. The van der Waals surface area contributed by atoms with Crippen LogP contribution in [0, 0.1) is 11.3 Å². The number of nitriles is 1. The van der Waals surface area contributed by atoms with E-state index in [1.165, 1.54) is 0 Å². The second kappa shape index (κ2) is 6.12. The molecule has 2 aromatic rings. The maximum Gasteiger partial charge on any atom is 0.155 e. The predicted octanol–water partition coefficient (Wildman–Crippen LogP) is 2.22. The van der Waals surface area contributed by atoms with Gasteiger partial charge in [0.25, 0.3) is 0 Å². The molecule has 0 radical (unpaired) electrons. The zero-order valence-electron chi connectivity index (χ0n) is 9.75. The number of hydrogen-bond donors (Lipinski definition) is 0. The van der Waals surface area contributed by atoms with E-state index in [0.717, 1.165) is 17.8 Å². The lowest BCUT2D eigenvalue weighted by Gasteiger charge is -2.03. The van der Waals surface area contributed by atoms with Gasteiger partial charge in [-0.15, -0.1) is 5.10 Å². The second-order valence-electron chi connectivity index (χ2n) is 3.89. The minimum absolute atomic E-state index is 0.510. The molecule has 5 nitrogen and oxygen atoms in total. The van der Waals surface area contributed by atoms with E-state index in [0.29, 0.717) is 24.4 Å². The Bertz CT molecular complexity index is 558. The number of tetrazole rings is 1. The summed E-state index contributed by atoms with van der Waals surface area (Å²) >= 11 is 5.93. The molecular weight excluding hydrogens is 250 g/mol. The van der Waals surface area contributed by atoms with Crippen molar-refractivity contribution in [3.05, 3.63) is 40.7 Å². The Morgan fingerprint density at radius 3 is 3.06 bits per heavy atom. The van der Waals surface area contributed by atoms with Crippen molar-refractivity contribution in [2.75, 3.05) is 0 Å². The van der Waals surface area contributed by atoms with Crippen molar-refractivity contribution in [3.8, 4) is 6.07 Å². The Balaban J connectivity index is 2.05. The lowest BCUT2D eigenvalue weighted by atomic mass is 10.1. The first-order valence-corrected chi connectivity index (χ1v) is 6.04. The van der Waals surface area contributed by atoms with Crippen molar-refractivity contribution >= 4 is 11.6 Å². The summed E-state index contributed by atoms with van der Waals surface area (Å²) in [6.07, 6.45) is 1.90. The van der Waals surface area contributed by atoms with Gasteiger partial charge in [0, 0.05) is 24.4 Å². The Kier molecular flexibility index (Phi) is 4.26. The van der Waals surface area contributed by atoms with E-state index in [4.69, 9.17) is 16.9 Å². The normalized spacial score (nSPS) is 10.2. The topological polar surface area (TPSA) is 67.4 Å². The minimum Gasteiger partial charge on any atom is -0.229 e. The quantitative estimate of drug-likeness (QED) is 0.774. The highest BCUT2D eigenvalue weighted by Gasteiger charge is 2.07.